The highest BCUT2D eigenvalue weighted by Gasteiger charge is 2.02. The first kappa shape index (κ1) is 14.5. The van der Waals surface area contributed by atoms with Crippen molar-refractivity contribution in [2.75, 3.05) is 26.7 Å². The largest absolute Gasteiger partial charge is 0.494 e. The molecule has 0 saturated carbocycles. The molecule has 0 atom stereocenters. The van der Waals surface area contributed by atoms with Crippen LogP contribution in [0.1, 0.15) is 18.9 Å². The van der Waals surface area contributed by atoms with Gasteiger partial charge >= 0.3 is 0 Å². The van der Waals surface area contributed by atoms with Gasteiger partial charge < -0.3 is 15.4 Å². The van der Waals surface area contributed by atoms with E-state index < -0.39 is 0 Å². The summed E-state index contributed by atoms with van der Waals surface area (Å²) in [7, 11) is 1.90. The molecule has 0 aliphatic carbocycles. The van der Waals surface area contributed by atoms with Gasteiger partial charge in [0.05, 0.1) is 13.0 Å². The van der Waals surface area contributed by atoms with E-state index >= 15 is 0 Å². The Bertz CT molecular complexity index is 349. The summed E-state index contributed by atoms with van der Waals surface area (Å²) in [5, 5.41) is 5.94. The number of rotatable bonds is 8. The molecule has 18 heavy (non-hydrogen) atoms. The van der Waals surface area contributed by atoms with Gasteiger partial charge in [0.25, 0.3) is 0 Å². The molecular weight excluding hydrogens is 228 g/mol. The Morgan fingerprint density at radius 1 is 1.22 bits per heavy atom. The minimum Gasteiger partial charge on any atom is -0.494 e. The molecule has 0 radical (unpaired) electrons. The molecule has 4 nitrogen and oxygen atoms in total. The highest BCUT2D eigenvalue weighted by molar-refractivity contribution is 5.78. The summed E-state index contributed by atoms with van der Waals surface area (Å²) in [5.41, 5.74) is 1.00. The molecular formula is C14H22N2O2. The summed E-state index contributed by atoms with van der Waals surface area (Å²) in [5.74, 6) is 0.908. The summed E-state index contributed by atoms with van der Waals surface area (Å²) >= 11 is 0. The Kier molecular flexibility index (Phi) is 6.87. The lowest BCUT2D eigenvalue weighted by molar-refractivity contribution is -0.120. The molecule has 1 aromatic carbocycles. The maximum atomic E-state index is 11.6. The average molecular weight is 250 g/mol. The number of nitrogens with one attached hydrogen (secondary N) is 2. The smallest absolute Gasteiger partial charge is 0.224 e. The maximum absolute atomic E-state index is 11.6. The predicted octanol–water partition coefficient (Wildman–Crippen LogP) is 1.35. The van der Waals surface area contributed by atoms with Gasteiger partial charge in [0.2, 0.25) is 5.91 Å². The fourth-order valence-electron chi connectivity index (χ4n) is 1.61. The van der Waals surface area contributed by atoms with Crippen LogP contribution in [0.2, 0.25) is 0 Å². The molecule has 1 aromatic rings. The molecule has 0 heterocycles. The zero-order chi connectivity index (χ0) is 13.2. The van der Waals surface area contributed by atoms with Crippen LogP contribution in [-0.2, 0) is 11.2 Å². The minimum atomic E-state index is 0.0651. The van der Waals surface area contributed by atoms with E-state index in [1.165, 1.54) is 0 Å². The first-order valence-corrected chi connectivity index (χ1v) is 6.39. The van der Waals surface area contributed by atoms with Gasteiger partial charge in [0.15, 0.2) is 0 Å². The van der Waals surface area contributed by atoms with Crippen molar-refractivity contribution in [2.24, 2.45) is 0 Å². The molecule has 1 amide bonds. The van der Waals surface area contributed by atoms with Gasteiger partial charge in [-0.2, -0.15) is 0 Å². The number of carbonyl (C=O) groups excluding carboxylic acids is 1. The molecule has 2 N–H and O–H groups in total. The Morgan fingerprint density at radius 2 is 1.94 bits per heavy atom. The molecule has 0 aliphatic heterocycles. The number of hydrogen-bond acceptors (Lipinski definition) is 3. The monoisotopic (exact) mass is 250 g/mol. The van der Waals surface area contributed by atoms with Crippen molar-refractivity contribution in [1.29, 1.82) is 0 Å². The Labute approximate surface area is 109 Å². The first-order valence-electron chi connectivity index (χ1n) is 6.39. The fourth-order valence-corrected chi connectivity index (χ4v) is 1.61. The van der Waals surface area contributed by atoms with Gasteiger partial charge in [-0.1, -0.05) is 12.1 Å². The van der Waals surface area contributed by atoms with Gasteiger partial charge in [-0.05, 0) is 44.6 Å². The lowest BCUT2D eigenvalue weighted by atomic mass is 10.1. The summed E-state index contributed by atoms with van der Waals surface area (Å²) in [6, 6.07) is 7.65. The van der Waals surface area contributed by atoms with E-state index in [2.05, 4.69) is 10.6 Å². The van der Waals surface area contributed by atoms with Crippen molar-refractivity contribution in [1.82, 2.24) is 10.6 Å². The van der Waals surface area contributed by atoms with Crippen molar-refractivity contribution in [3.05, 3.63) is 29.8 Å². The molecule has 0 unspecified atom stereocenters. The van der Waals surface area contributed by atoms with Gasteiger partial charge in [-0.3, -0.25) is 4.79 Å². The SMILES string of the molecule is CCOc1ccc(CC(=O)NCCCNC)cc1. The molecule has 0 fully saturated rings. The van der Waals surface area contributed by atoms with Crippen molar-refractivity contribution >= 4 is 5.91 Å². The van der Waals surface area contributed by atoms with E-state index in [0.717, 1.165) is 30.8 Å². The van der Waals surface area contributed by atoms with E-state index in [1.54, 1.807) is 0 Å². The standard InChI is InChI=1S/C14H22N2O2/c1-3-18-13-7-5-12(6-8-13)11-14(17)16-10-4-9-15-2/h5-8,15H,3-4,9-11H2,1-2H3,(H,16,17). The highest BCUT2D eigenvalue weighted by atomic mass is 16.5. The summed E-state index contributed by atoms with van der Waals surface area (Å²) < 4.78 is 5.35. The van der Waals surface area contributed by atoms with Crippen molar-refractivity contribution < 1.29 is 9.53 Å². The van der Waals surface area contributed by atoms with Crippen molar-refractivity contribution in [3.63, 3.8) is 0 Å². The molecule has 0 spiro atoms. The first-order chi connectivity index (χ1) is 8.76. The van der Waals surface area contributed by atoms with E-state index in [9.17, 15) is 4.79 Å². The summed E-state index contributed by atoms with van der Waals surface area (Å²) in [6.45, 7) is 4.25. The van der Waals surface area contributed by atoms with E-state index in [1.807, 2.05) is 38.2 Å². The number of carbonyl (C=O) groups is 1. The highest BCUT2D eigenvalue weighted by Crippen LogP contribution is 2.12. The molecule has 1 rings (SSSR count). The van der Waals surface area contributed by atoms with Gasteiger partial charge in [-0.25, -0.2) is 0 Å². The Balaban J connectivity index is 2.30. The van der Waals surface area contributed by atoms with E-state index in [-0.39, 0.29) is 5.91 Å². The summed E-state index contributed by atoms with van der Waals surface area (Å²) in [6.07, 6.45) is 1.37. The van der Waals surface area contributed by atoms with Crippen LogP contribution in [0, 0.1) is 0 Å². The van der Waals surface area contributed by atoms with Gasteiger partial charge in [0.1, 0.15) is 5.75 Å². The summed E-state index contributed by atoms with van der Waals surface area (Å²) in [4.78, 5) is 11.6. The van der Waals surface area contributed by atoms with Crippen LogP contribution in [0.3, 0.4) is 0 Å². The number of ether oxygens (including phenoxy) is 1. The third-order valence-electron chi connectivity index (χ3n) is 2.52. The lowest BCUT2D eigenvalue weighted by Gasteiger charge is -2.06. The third-order valence-corrected chi connectivity index (χ3v) is 2.52. The topological polar surface area (TPSA) is 50.4 Å². The Morgan fingerprint density at radius 3 is 2.56 bits per heavy atom. The normalized spacial score (nSPS) is 10.1. The van der Waals surface area contributed by atoms with Crippen LogP contribution in [0.15, 0.2) is 24.3 Å². The maximum Gasteiger partial charge on any atom is 0.224 e. The molecule has 0 aliphatic rings. The molecule has 0 saturated heterocycles. The second kappa shape index (κ2) is 8.53. The van der Waals surface area contributed by atoms with Crippen LogP contribution < -0.4 is 15.4 Å². The van der Waals surface area contributed by atoms with E-state index in [4.69, 9.17) is 4.74 Å². The minimum absolute atomic E-state index is 0.0651. The van der Waals surface area contributed by atoms with Crippen molar-refractivity contribution in [3.8, 4) is 5.75 Å². The number of hydrogen-bond donors (Lipinski definition) is 2. The van der Waals surface area contributed by atoms with Crippen LogP contribution >= 0.6 is 0 Å². The lowest BCUT2D eigenvalue weighted by Crippen LogP contribution is -2.27. The quantitative estimate of drug-likeness (QED) is 0.685. The average Bonchev–Trinajstić information content (AvgIpc) is 2.37. The molecule has 0 aromatic heterocycles. The zero-order valence-electron chi connectivity index (χ0n) is 11.2. The van der Waals surface area contributed by atoms with Crippen molar-refractivity contribution in [2.45, 2.75) is 19.8 Å². The molecule has 0 bridgehead atoms. The van der Waals surface area contributed by atoms with Crippen LogP contribution in [0.4, 0.5) is 0 Å². The second-order valence-corrected chi connectivity index (χ2v) is 4.06. The van der Waals surface area contributed by atoms with Crippen LogP contribution in [-0.4, -0.2) is 32.7 Å². The number of benzene rings is 1. The van der Waals surface area contributed by atoms with Gasteiger partial charge in [0, 0.05) is 6.54 Å². The second-order valence-electron chi connectivity index (χ2n) is 4.06. The zero-order valence-corrected chi connectivity index (χ0v) is 11.2. The van der Waals surface area contributed by atoms with Crippen LogP contribution in [0.5, 0.6) is 5.75 Å². The van der Waals surface area contributed by atoms with Gasteiger partial charge in [-0.15, -0.1) is 0 Å². The van der Waals surface area contributed by atoms with E-state index in [0.29, 0.717) is 13.0 Å². The third kappa shape index (κ3) is 5.68. The Hall–Kier alpha value is -1.55. The predicted molar refractivity (Wildman–Crippen MR) is 72.9 cm³/mol. The number of amides is 1. The molecule has 100 valence electrons. The van der Waals surface area contributed by atoms with Crippen LogP contribution in [0.25, 0.3) is 0 Å². The fraction of sp³-hybridized carbons (Fsp3) is 0.500. The molecule has 4 heteroatoms.